The molecule has 0 aliphatic heterocycles. The van der Waals surface area contributed by atoms with Gasteiger partial charge in [0.2, 0.25) is 11.8 Å². The summed E-state index contributed by atoms with van der Waals surface area (Å²) in [5, 5.41) is 5.75. The monoisotopic (exact) mass is 957 g/mol. The lowest BCUT2D eigenvalue weighted by atomic mass is 9.79. The van der Waals surface area contributed by atoms with Gasteiger partial charge in [0, 0.05) is 34.6 Å². The van der Waals surface area contributed by atoms with Gasteiger partial charge in [-0.25, -0.2) is 9.18 Å². The van der Waals surface area contributed by atoms with Crippen LogP contribution in [0.2, 0.25) is 5.02 Å². The third-order valence-electron chi connectivity index (χ3n) is 10.7. The highest BCUT2D eigenvalue weighted by atomic mass is 35.5. The largest absolute Gasteiger partial charge is 0.460 e. The molecule has 0 aliphatic carbocycles. The van der Waals surface area contributed by atoms with Crippen molar-refractivity contribution in [3.05, 3.63) is 142 Å². The summed E-state index contributed by atoms with van der Waals surface area (Å²) in [5.41, 5.74) is 3.21. The molecule has 0 bridgehead atoms. The molecule has 4 N–H and O–H groups in total. The van der Waals surface area contributed by atoms with Gasteiger partial charge in [-0.1, -0.05) is 108 Å². The second-order valence-electron chi connectivity index (χ2n) is 20.5. The Morgan fingerprint density at radius 1 is 0.691 bits per heavy atom. The van der Waals surface area contributed by atoms with E-state index in [1.54, 1.807) is 124 Å². The molecule has 6 atom stereocenters. The van der Waals surface area contributed by atoms with Crippen molar-refractivity contribution in [2.45, 2.75) is 148 Å². The van der Waals surface area contributed by atoms with Gasteiger partial charge >= 0.3 is 11.9 Å². The lowest BCUT2D eigenvalue weighted by molar-refractivity contribution is -0.165. The van der Waals surface area contributed by atoms with Crippen LogP contribution in [0.15, 0.2) is 103 Å². The zero-order chi connectivity index (χ0) is 50.8. The number of aryl methyl sites for hydroxylation is 1. The number of amides is 2. The summed E-state index contributed by atoms with van der Waals surface area (Å²) >= 11 is 6.95. The maximum atomic E-state index is 15.1. The number of hydrogen-bond donors (Lipinski definition) is 3. The van der Waals surface area contributed by atoms with Gasteiger partial charge in [-0.3, -0.25) is 19.2 Å². The number of carbonyl (C=O) groups is 5. The van der Waals surface area contributed by atoms with Crippen LogP contribution in [-0.4, -0.2) is 76.7 Å². The van der Waals surface area contributed by atoms with E-state index >= 15 is 4.79 Å². The van der Waals surface area contributed by atoms with Crippen LogP contribution in [-0.2, 0) is 54.9 Å². The Morgan fingerprint density at radius 2 is 1.26 bits per heavy atom. The number of benzene rings is 4. The number of carbonyl (C=O) groups excluding carboxylic acids is 5. The summed E-state index contributed by atoms with van der Waals surface area (Å²) in [6.07, 6.45) is -2.32. The Balaban J connectivity index is 1.79. The number of Topliss-reactive ketones (excluding diaryl/α,β-unsaturated/α-hetero) is 1. The molecule has 0 saturated heterocycles. The van der Waals surface area contributed by atoms with Gasteiger partial charge in [0.1, 0.15) is 23.5 Å². The van der Waals surface area contributed by atoms with E-state index in [2.05, 4.69) is 10.6 Å². The number of rotatable bonds is 20. The average Bonchev–Trinajstić information content (AvgIpc) is 3.23. The van der Waals surface area contributed by atoms with Gasteiger partial charge in [0.15, 0.2) is 11.4 Å². The summed E-state index contributed by atoms with van der Waals surface area (Å²) in [4.78, 5) is 72.1. The van der Waals surface area contributed by atoms with E-state index in [-0.39, 0.29) is 23.6 Å². The summed E-state index contributed by atoms with van der Waals surface area (Å²) < 4.78 is 39.4. The number of esters is 2. The molecular formula is C54H69ClFN3O9. The Kier molecular flexibility index (Phi) is 18.4. The number of ether oxygens (including phenoxy) is 4. The molecule has 0 fully saturated rings. The maximum absolute atomic E-state index is 15.1. The number of ketones is 1. The van der Waals surface area contributed by atoms with Crippen molar-refractivity contribution in [2.24, 2.45) is 11.7 Å². The first-order chi connectivity index (χ1) is 31.5. The highest BCUT2D eigenvalue weighted by Gasteiger charge is 2.45. The van der Waals surface area contributed by atoms with Crippen LogP contribution in [0, 0.1) is 18.7 Å². The molecule has 4 aromatic rings. The van der Waals surface area contributed by atoms with E-state index in [9.17, 15) is 23.6 Å². The van der Waals surface area contributed by atoms with Gasteiger partial charge < -0.3 is 35.3 Å². The SMILES string of the molecule is Cc1ccc(C(OC(=O)[C@H](CC(=O)OC(C)(C)C)NC(=O)[C@H](COC(C)(C)C)CC(=O)[C@@H](NC(=O)[C@@](C)(N)Cc2ccccc2F)[C@@H](C)OC(C)(C)C)(c2ccccc2)c2ccccc2Cl)cc1. The summed E-state index contributed by atoms with van der Waals surface area (Å²) in [6.45, 7) is 20.3. The first-order valence-corrected chi connectivity index (χ1v) is 23.2. The van der Waals surface area contributed by atoms with Crippen LogP contribution in [0.5, 0.6) is 0 Å². The van der Waals surface area contributed by atoms with Crippen LogP contribution in [0.25, 0.3) is 0 Å². The number of hydrogen-bond acceptors (Lipinski definition) is 10. The van der Waals surface area contributed by atoms with Crippen molar-refractivity contribution in [3.8, 4) is 0 Å². The van der Waals surface area contributed by atoms with Crippen LogP contribution < -0.4 is 16.4 Å². The molecule has 368 valence electrons. The summed E-state index contributed by atoms with van der Waals surface area (Å²) in [5.74, 6) is -5.87. The normalized spacial score (nSPS) is 15.6. The molecule has 1 unspecified atom stereocenters. The molecule has 4 rings (SSSR count). The Bertz CT molecular complexity index is 2370. The molecule has 0 heterocycles. The minimum absolute atomic E-state index is 0.188. The molecule has 0 saturated carbocycles. The van der Waals surface area contributed by atoms with Crippen LogP contribution in [0.3, 0.4) is 0 Å². The molecule has 0 aromatic heterocycles. The van der Waals surface area contributed by atoms with Crippen molar-refractivity contribution in [1.82, 2.24) is 10.6 Å². The zero-order valence-corrected chi connectivity index (χ0v) is 42.2. The van der Waals surface area contributed by atoms with E-state index in [4.69, 9.17) is 36.3 Å². The van der Waals surface area contributed by atoms with Gasteiger partial charge in [-0.2, -0.15) is 0 Å². The fraction of sp³-hybridized carbons (Fsp3) is 0.463. The lowest BCUT2D eigenvalue weighted by Crippen LogP contribution is -2.60. The molecule has 4 aromatic carbocycles. The first-order valence-electron chi connectivity index (χ1n) is 22.8. The highest BCUT2D eigenvalue weighted by Crippen LogP contribution is 2.44. The standard InChI is InChI=1S/C54H69ClFN3O9/c1-34-26-28-39(29-27-34)54(38-21-14-13-15-22-38,40-23-17-18-24-41(40)55)68-48(63)43(31-45(61)67-52(9,10)11)58-47(62)37(33-65-50(3,4)5)30-44(60)46(35(2)66-51(6,7)8)59-49(64)53(12,57)32-36-20-16-19-25-42(36)56/h13-29,35,37,43,46H,30-33,57H2,1-12H3,(H,58,62)(H,59,64)/t35-,37+,43+,46+,53+,54?/m1/s1. The predicted molar refractivity (Wildman–Crippen MR) is 261 cm³/mol. The molecular weight excluding hydrogens is 889 g/mol. The van der Waals surface area contributed by atoms with Crippen molar-refractivity contribution in [3.63, 3.8) is 0 Å². The molecule has 12 nitrogen and oxygen atoms in total. The molecule has 14 heteroatoms. The van der Waals surface area contributed by atoms with Crippen molar-refractivity contribution in [1.29, 1.82) is 0 Å². The maximum Gasteiger partial charge on any atom is 0.330 e. The van der Waals surface area contributed by atoms with Gasteiger partial charge in [-0.05, 0) is 101 Å². The van der Waals surface area contributed by atoms with Crippen molar-refractivity contribution in [2.75, 3.05) is 6.61 Å². The molecule has 68 heavy (non-hydrogen) atoms. The summed E-state index contributed by atoms with van der Waals surface area (Å²) in [7, 11) is 0. The Hall–Kier alpha value is -5.47. The third kappa shape index (κ3) is 15.8. The van der Waals surface area contributed by atoms with E-state index in [0.29, 0.717) is 16.7 Å². The van der Waals surface area contributed by atoms with E-state index in [1.807, 2.05) is 37.3 Å². The predicted octanol–water partition coefficient (Wildman–Crippen LogP) is 8.88. The van der Waals surface area contributed by atoms with Crippen LogP contribution in [0.1, 0.15) is 117 Å². The van der Waals surface area contributed by atoms with E-state index in [1.165, 1.54) is 25.1 Å². The number of halogens is 2. The van der Waals surface area contributed by atoms with Crippen LogP contribution in [0.4, 0.5) is 4.39 Å². The van der Waals surface area contributed by atoms with Gasteiger partial charge in [0.25, 0.3) is 0 Å². The minimum atomic E-state index is -1.70. The number of nitrogens with two attached hydrogens (primary N) is 1. The number of nitrogens with one attached hydrogen (secondary N) is 2. The molecule has 0 aliphatic rings. The Morgan fingerprint density at radius 3 is 1.84 bits per heavy atom. The third-order valence-corrected chi connectivity index (χ3v) is 11.1. The average molecular weight is 959 g/mol. The second kappa shape index (κ2) is 22.8. The Labute approximate surface area is 406 Å². The smallest absolute Gasteiger partial charge is 0.330 e. The van der Waals surface area contributed by atoms with E-state index in [0.717, 1.165) is 5.56 Å². The first kappa shape index (κ1) is 55.1. The van der Waals surface area contributed by atoms with Crippen molar-refractivity contribution >= 4 is 41.1 Å². The second-order valence-corrected chi connectivity index (χ2v) is 20.9. The quantitative estimate of drug-likeness (QED) is 0.0574. The zero-order valence-electron chi connectivity index (χ0n) is 41.5. The van der Waals surface area contributed by atoms with Gasteiger partial charge in [0.05, 0.1) is 41.8 Å². The molecule has 2 amide bonds. The minimum Gasteiger partial charge on any atom is -0.460 e. The van der Waals surface area contributed by atoms with Crippen molar-refractivity contribution < 1.29 is 47.3 Å². The fourth-order valence-electron chi connectivity index (χ4n) is 7.57. The highest BCUT2D eigenvalue weighted by molar-refractivity contribution is 6.31. The van der Waals surface area contributed by atoms with E-state index < -0.39 is 100 Å². The van der Waals surface area contributed by atoms with Gasteiger partial charge in [-0.15, -0.1) is 0 Å². The molecule has 0 spiro atoms. The fourth-order valence-corrected chi connectivity index (χ4v) is 7.84. The lowest BCUT2D eigenvalue weighted by Gasteiger charge is -2.37. The topological polar surface area (TPSA) is 172 Å². The summed E-state index contributed by atoms with van der Waals surface area (Å²) in [6, 6.07) is 26.2. The van der Waals surface area contributed by atoms with Crippen LogP contribution >= 0.6 is 11.6 Å². The molecule has 0 radical (unpaired) electrons.